The van der Waals surface area contributed by atoms with Gasteiger partial charge in [-0.2, -0.15) is 0 Å². The second-order valence-electron chi connectivity index (χ2n) is 3.65. The first-order chi connectivity index (χ1) is 7.54. The highest BCUT2D eigenvalue weighted by Crippen LogP contribution is 2.14. The van der Waals surface area contributed by atoms with E-state index in [2.05, 4.69) is 10.3 Å². The summed E-state index contributed by atoms with van der Waals surface area (Å²) in [4.78, 5) is 17.1. The highest BCUT2D eigenvalue weighted by Gasteiger charge is 2.07. The maximum Gasteiger partial charge on any atom is 0.239 e. The number of nitrogens with one attached hydrogen (secondary N) is 1. The summed E-state index contributed by atoms with van der Waals surface area (Å²) < 4.78 is 0. The number of anilines is 1. The molecule has 0 aliphatic heterocycles. The number of amides is 1. The Morgan fingerprint density at radius 3 is 2.75 bits per heavy atom. The average molecular weight is 223 g/mol. The van der Waals surface area contributed by atoms with Gasteiger partial charge in [0.2, 0.25) is 5.91 Å². The number of aliphatic hydroxyl groups excluding tert-OH is 1. The molecule has 0 aliphatic carbocycles. The minimum absolute atomic E-state index is 0.0658. The van der Waals surface area contributed by atoms with Gasteiger partial charge in [-0.3, -0.25) is 4.79 Å². The van der Waals surface area contributed by atoms with Crippen molar-refractivity contribution in [3.63, 3.8) is 0 Å². The Morgan fingerprint density at radius 1 is 1.62 bits per heavy atom. The average Bonchev–Trinajstić information content (AvgIpc) is 2.28. The summed E-state index contributed by atoms with van der Waals surface area (Å²) in [6.45, 7) is 1.95. The molecule has 1 amide bonds. The Bertz CT molecular complexity index is 349. The second kappa shape index (κ2) is 5.46. The van der Waals surface area contributed by atoms with Crippen LogP contribution in [0.1, 0.15) is 18.6 Å². The maximum absolute atomic E-state index is 11.2. The van der Waals surface area contributed by atoms with Crippen LogP contribution < -0.4 is 10.2 Å². The maximum atomic E-state index is 11.2. The van der Waals surface area contributed by atoms with Crippen molar-refractivity contribution < 1.29 is 9.90 Å². The van der Waals surface area contributed by atoms with Gasteiger partial charge in [0.1, 0.15) is 5.82 Å². The van der Waals surface area contributed by atoms with Crippen LogP contribution in [0, 0.1) is 0 Å². The molecule has 0 saturated carbocycles. The van der Waals surface area contributed by atoms with Crippen LogP contribution in [0.3, 0.4) is 0 Å². The van der Waals surface area contributed by atoms with Gasteiger partial charge in [0.05, 0.1) is 12.6 Å². The van der Waals surface area contributed by atoms with Crippen LogP contribution in [-0.4, -0.2) is 36.6 Å². The van der Waals surface area contributed by atoms with E-state index in [0.29, 0.717) is 5.82 Å². The third-order valence-corrected chi connectivity index (χ3v) is 2.30. The fourth-order valence-electron chi connectivity index (χ4n) is 1.25. The molecule has 1 aromatic heterocycles. The molecule has 1 unspecified atom stereocenters. The number of aromatic nitrogens is 1. The molecule has 88 valence electrons. The molecule has 0 fully saturated rings. The minimum atomic E-state index is -0.522. The van der Waals surface area contributed by atoms with Crippen LogP contribution in [0.25, 0.3) is 0 Å². The van der Waals surface area contributed by atoms with Crippen LogP contribution >= 0.6 is 0 Å². The van der Waals surface area contributed by atoms with Gasteiger partial charge in [-0.05, 0) is 18.6 Å². The number of carbonyl (C=O) groups is 1. The van der Waals surface area contributed by atoms with Gasteiger partial charge in [-0.15, -0.1) is 0 Å². The molecule has 0 radical (unpaired) electrons. The van der Waals surface area contributed by atoms with E-state index in [1.54, 1.807) is 44.2 Å². The highest BCUT2D eigenvalue weighted by molar-refractivity contribution is 5.80. The van der Waals surface area contributed by atoms with Gasteiger partial charge in [-0.25, -0.2) is 4.98 Å². The molecule has 1 atom stereocenters. The molecule has 0 spiro atoms. The second-order valence-corrected chi connectivity index (χ2v) is 3.65. The Labute approximate surface area is 95.1 Å². The van der Waals surface area contributed by atoms with Gasteiger partial charge in [0, 0.05) is 20.3 Å². The first-order valence-electron chi connectivity index (χ1n) is 5.10. The molecular weight excluding hydrogens is 206 g/mol. The number of nitrogens with zero attached hydrogens (tertiary/aromatic N) is 2. The van der Waals surface area contributed by atoms with Gasteiger partial charge >= 0.3 is 0 Å². The van der Waals surface area contributed by atoms with E-state index < -0.39 is 6.10 Å². The summed E-state index contributed by atoms with van der Waals surface area (Å²) in [5.74, 6) is 0.636. The van der Waals surface area contributed by atoms with Crippen molar-refractivity contribution in [1.29, 1.82) is 0 Å². The van der Waals surface area contributed by atoms with E-state index in [9.17, 15) is 9.90 Å². The van der Waals surface area contributed by atoms with Gasteiger partial charge in [-0.1, -0.05) is 6.07 Å². The quantitative estimate of drug-likeness (QED) is 0.771. The number of rotatable bonds is 4. The monoisotopic (exact) mass is 223 g/mol. The van der Waals surface area contributed by atoms with Crippen molar-refractivity contribution in [2.24, 2.45) is 0 Å². The van der Waals surface area contributed by atoms with Crippen molar-refractivity contribution in [1.82, 2.24) is 10.3 Å². The lowest BCUT2D eigenvalue weighted by Crippen LogP contribution is -2.33. The lowest BCUT2D eigenvalue weighted by molar-refractivity contribution is -0.119. The van der Waals surface area contributed by atoms with Gasteiger partial charge < -0.3 is 15.3 Å². The summed E-state index contributed by atoms with van der Waals surface area (Å²) >= 11 is 0. The van der Waals surface area contributed by atoms with Crippen molar-refractivity contribution >= 4 is 11.7 Å². The van der Waals surface area contributed by atoms with Crippen LogP contribution in [-0.2, 0) is 4.79 Å². The van der Waals surface area contributed by atoms with Gasteiger partial charge in [0.15, 0.2) is 0 Å². The summed E-state index contributed by atoms with van der Waals surface area (Å²) in [6.07, 6.45) is 1.09. The number of aliphatic hydroxyl groups is 1. The van der Waals surface area contributed by atoms with E-state index in [1.807, 2.05) is 0 Å². The van der Waals surface area contributed by atoms with Crippen molar-refractivity contribution in [3.8, 4) is 0 Å². The van der Waals surface area contributed by atoms with E-state index >= 15 is 0 Å². The Balaban J connectivity index is 2.70. The Morgan fingerprint density at radius 2 is 2.31 bits per heavy atom. The summed E-state index contributed by atoms with van der Waals surface area (Å²) in [5, 5.41) is 11.9. The minimum Gasteiger partial charge on any atom is -0.389 e. The molecule has 5 nitrogen and oxygen atoms in total. The molecule has 0 saturated heterocycles. The third kappa shape index (κ3) is 3.20. The van der Waals surface area contributed by atoms with Crippen molar-refractivity contribution in [2.45, 2.75) is 13.0 Å². The first kappa shape index (κ1) is 12.4. The smallest absolute Gasteiger partial charge is 0.239 e. The zero-order valence-corrected chi connectivity index (χ0v) is 9.77. The fourth-order valence-corrected chi connectivity index (χ4v) is 1.25. The number of likely N-dealkylation sites (N-methyl/N-ethyl adjacent to an activating group) is 2. The summed E-state index contributed by atoms with van der Waals surface area (Å²) in [5.41, 5.74) is 0.761. The molecule has 0 bridgehead atoms. The molecule has 1 aromatic rings. The molecule has 5 heteroatoms. The molecule has 2 N–H and O–H groups in total. The SMILES string of the molecule is CNC(=O)CN(C)c1ccc(C(C)O)cn1. The topological polar surface area (TPSA) is 65.5 Å². The normalized spacial score (nSPS) is 12.0. The van der Waals surface area contributed by atoms with Crippen LogP contribution in [0.2, 0.25) is 0 Å². The Kier molecular flexibility index (Phi) is 4.25. The molecule has 16 heavy (non-hydrogen) atoms. The highest BCUT2D eigenvalue weighted by atomic mass is 16.3. The number of hydrogen-bond acceptors (Lipinski definition) is 4. The third-order valence-electron chi connectivity index (χ3n) is 2.30. The summed E-state index contributed by atoms with van der Waals surface area (Å²) in [6, 6.07) is 3.58. The van der Waals surface area contributed by atoms with Crippen LogP contribution in [0.4, 0.5) is 5.82 Å². The Hall–Kier alpha value is -1.62. The van der Waals surface area contributed by atoms with Crippen LogP contribution in [0.15, 0.2) is 18.3 Å². The van der Waals surface area contributed by atoms with Gasteiger partial charge in [0.25, 0.3) is 0 Å². The van der Waals surface area contributed by atoms with E-state index in [1.165, 1.54) is 0 Å². The molecule has 0 aliphatic rings. The number of pyridine rings is 1. The zero-order valence-electron chi connectivity index (χ0n) is 9.77. The largest absolute Gasteiger partial charge is 0.389 e. The fraction of sp³-hybridized carbons (Fsp3) is 0.455. The lowest BCUT2D eigenvalue weighted by atomic mass is 10.2. The first-order valence-corrected chi connectivity index (χ1v) is 5.10. The van der Waals surface area contributed by atoms with Crippen LogP contribution in [0.5, 0.6) is 0 Å². The predicted octanol–water partition coefficient (Wildman–Crippen LogP) is 0.317. The summed E-state index contributed by atoms with van der Waals surface area (Å²) in [7, 11) is 3.39. The predicted molar refractivity (Wildman–Crippen MR) is 62.2 cm³/mol. The lowest BCUT2D eigenvalue weighted by Gasteiger charge is -2.17. The number of carbonyl (C=O) groups excluding carboxylic acids is 1. The number of hydrogen-bond donors (Lipinski definition) is 2. The van der Waals surface area contributed by atoms with Crippen molar-refractivity contribution in [2.75, 3.05) is 25.5 Å². The van der Waals surface area contributed by atoms with E-state index in [-0.39, 0.29) is 12.5 Å². The molecule has 1 heterocycles. The van der Waals surface area contributed by atoms with Crippen molar-refractivity contribution in [3.05, 3.63) is 23.9 Å². The standard InChI is InChI=1S/C11H17N3O2/c1-8(15)9-4-5-10(13-6-9)14(3)7-11(16)12-2/h4-6,8,15H,7H2,1-3H3,(H,12,16). The van der Waals surface area contributed by atoms with E-state index in [4.69, 9.17) is 0 Å². The van der Waals surface area contributed by atoms with E-state index in [0.717, 1.165) is 5.56 Å². The zero-order chi connectivity index (χ0) is 12.1. The molecule has 1 rings (SSSR count). The molecule has 0 aromatic carbocycles. The molecular formula is C11H17N3O2.